The normalized spacial score (nSPS) is 29.1. The first-order valence-corrected chi connectivity index (χ1v) is 7.43. The van der Waals surface area contributed by atoms with Gasteiger partial charge in [-0.3, -0.25) is 4.90 Å². The molecule has 3 heteroatoms. The van der Waals surface area contributed by atoms with Crippen LogP contribution >= 0.6 is 0 Å². The van der Waals surface area contributed by atoms with E-state index in [1.165, 1.54) is 44.5 Å². The van der Waals surface area contributed by atoms with Crippen molar-refractivity contribution in [3.05, 3.63) is 29.8 Å². The predicted molar refractivity (Wildman–Crippen MR) is 77.1 cm³/mol. The summed E-state index contributed by atoms with van der Waals surface area (Å²) in [6.45, 7) is 4.73. The molecule has 2 aliphatic rings. The summed E-state index contributed by atoms with van der Waals surface area (Å²) in [5.41, 5.74) is 1.31. The van der Waals surface area contributed by atoms with Crippen molar-refractivity contribution in [2.75, 3.05) is 26.7 Å². The van der Waals surface area contributed by atoms with Crippen LogP contribution in [0, 0.1) is 5.92 Å². The second-order valence-electron chi connectivity index (χ2n) is 6.14. The van der Waals surface area contributed by atoms with E-state index in [1.54, 1.807) is 12.1 Å². The van der Waals surface area contributed by atoms with E-state index in [4.69, 9.17) is 0 Å². The third-order valence-electron chi connectivity index (χ3n) is 4.77. The minimum atomic E-state index is 0.358. The number of fused-ring (bicyclic) bond motifs is 1. The van der Waals surface area contributed by atoms with E-state index in [0.29, 0.717) is 5.75 Å². The quantitative estimate of drug-likeness (QED) is 0.884. The number of rotatable bonds is 2. The van der Waals surface area contributed by atoms with Gasteiger partial charge in [0.2, 0.25) is 0 Å². The van der Waals surface area contributed by atoms with Gasteiger partial charge in [-0.15, -0.1) is 0 Å². The maximum atomic E-state index is 9.33. The summed E-state index contributed by atoms with van der Waals surface area (Å²) in [6.07, 6.45) is 4.05. The SMILES string of the molecule is CN1CCCC2CN(Cc3ccc(O)cc3)CCC21. The van der Waals surface area contributed by atoms with Gasteiger partial charge in [-0.25, -0.2) is 0 Å². The smallest absolute Gasteiger partial charge is 0.115 e. The second-order valence-corrected chi connectivity index (χ2v) is 6.14. The Balaban J connectivity index is 1.60. The number of phenolic OH excluding ortho intramolecular Hbond substituents is 1. The molecule has 3 rings (SSSR count). The van der Waals surface area contributed by atoms with Crippen molar-refractivity contribution in [1.29, 1.82) is 0 Å². The Kier molecular flexibility index (Phi) is 3.76. The van der Waals surface area contributed by atoms with Gasteiger partial charge in [0.1, 0.15) is 5.75 Å². The van der Waals surface area contributed by atoms with Crippen LogP contribution in [0.4, 0.5) is 0 Å². The van der Waals surface area contributed by atoms with Crippen molar-refractivity contribution in [3.63, 3.8) is 0 Å². The van der Waals surface area contributed by atoms with E-state index in [-0.39, 0.29) is 0 Å². The van der Waals surface area contributed by atoms with Crippen LogP contribution in [-0.4, -0.2) is 47.6 Å². The Morgan fingerprint density at radius 1 is 1.16 bits per heavy atom. The molecule has 2 saturated heterocycles. The van der Waals surface area contributed by atoms with Crippen LogP contribution < -0.4 is 0 Å². The number of likely N-dealkylation sites (tertiary alicyclic amines) is 2. The van der Waals surface area contributed by atoms with Crippen LogP contribution in [0.2, 0.25) is 0 Å². The number of hydrogen-bond donors (Lipinski definition) is 1. The van der Waals surface area contributed by atoms with Crippen LogP contribution in [-0.2, 0) is 6.54 Å². The van der Waals surface area contributed by atoms with Crippen LogP contribution in [0.5, 0.6) is 5.75 Å². The van der Waals surface area contributed by atoms with Crippen LogP contribution in [0.25, 0.3) is 0 Å². The highest BCUT2D eigenvalue weighted by atomic mass is 16.3. The number of aromatic hydroxyl groups is 1. The molecule has 2 heterocycles. The Labute approximate surface area is 115 Å². The second kappa shape index (κ2) is 5.51. The molecule has 0 saturated carbocycles. The number of hydrogen-bond acceptors (Lipinski definition) is 3. The minimum absolute atomic E-state index is 0.358. The molecule has 2 unspecified atom stereocenters. The van der Waals surface area contributed by atoms with Gasteiger partial charge in [-0.1, -0.05) is 12.1 Å². The predicted octanol–water partition coefficient (Wildman–Crippen LogP) is 2.31. The van der Waals surface area contributed by atoms with Gasteiger partial charge in [-0.05, 0) is 63.0 Å². The molecule has 0 bridgehead atoms. The zero-order chi connectivity index (χ0) is 13.2. The lowest BCUT2D eigenvalue weighted by molar-refractivity contribution is 0.0355. The summed E-state index contributed by atoms with van der Waals surface area (Å²) in [7, 11) is 2.28. The molecule has 1 N–H and O–H groups in total. The number of phenols is 1. The maximum absolute atomic E-state index is 9.33. The van der Waals surface area contributed by atoms with E-state index in [9.17, 15) is 5.11 Å². The molecular formula is C16H24N2O. The summed E-state index contributed by atoms with van der Waals surface area (Å²) in [5.74, 6) is 1.21. The first-order chi connectivity index (χ1) is 9.22. The van der Waals surface area contributed by atoms with Crippen LogP contribution in [0.1, 0.15) is 24.8 Å². The first kappa shape index (κ1) is 12.9. The molecule has 2 aliphatic heterocycles. The largest absolute Gasteiger partial charge is 0.508 e. The molecule has 0 spiro atoms. The highest BCUT2D eigenvalue weighted by Gasteiger charge is 2.33. The molecule has 2 fully saturated rings. The number of nitrogens with zero attached hydrogens (tertiary/aromatic N) is 2. The van der Waals surface area contributed by atoms with Gasteiger partial charge in [-0.2, -0.15) is 0 Å². The molecule has 0 aromatic heterocycles. The first-order valence-electron chi connectivity index (χ1n) is 7.43. The van der Waals surface area contributed by atoms with Gasteiger partial charge < -0.3 is 10.0 Å². The Morgan fingerprint density at radius 3 is 2.74 bits per heavy atom. The Hall–Kier alpha value is -1.06. The number of piperidine rings is 2. The summed E-state index contributed by atoms with van der Waals surface area (Å²) >= 11 is 0. The summed E-state index contributed by atoms with van der Waals surface area (Å²) < 4.78 is 0. The molecular weight excluding hydrogens is 236 g/mol. The number of benzene rings is 1. The summed E-state index contributed by atoms with van der Waals surface area (Å²) in [5, 5.41) is 9.33. The Bertz CT molecular complexity index is 417. The molecule has 1 aromatic rings. The fraction of sp³-hybridized carbons (Fsp3) is 0.625. The molecule has 3 nitrogen and oxygen atoms in total. The van der Waals surface area contributed by atoms with Gasteiger partial charge in [0.25, 0.3) is 0 Å². The topological polar surface area (TPSA) is 26.7 Å². The van der Waals surface area contributed by atoms with Crippen molar-refractivity contribution in [3.8, 4) is 5.75 Å². The van der Waals surface area contributed by atoms with E-state index < -0.39 is 0 Å². The van der Waals surface area contributed by atoms with Crippen molar-refractivity contribution >= 4 is 0 Å². The molecule has 19 heavy (non-hydrogen) atoms. The average molecular weight is 260 g/mol. The average Bonchev–Trinajstić information content (AvgIpc) is 2.42. The zero-order valence-electron chi connectivity index (χ0n) is 11.8. The van der Waals surface area contributed by atoms with Gasteiger partial charge in [0.05, 0.1) is 0 Å². The zero-order valence-corrected chi connectivity index (χ0v) is 11.8. The lowest BCUT2D eigenvalue weighted by atomic mass is 9.84. The lowest BCUT2D eigenvalue weighted by Crippen LogP contribution is -2.52. The van der Waals surface area contributed by atoms with E-state index in [1.807, 2.05) is 12.1 Å². The Morgan fingerprint density at radius 2 is 1.95 bits per heavy atom. The summed E-state index contributed by atoms with van der Waals surface area (Å²) in [4.78, 5) is 5.14. The van der Waals surface area contributed by atoms with Gasteiger partial charge >= 0.3 is 0 Å². The van der Waals surface area contributed by atoms with Crippen LogP contribution in [0.15, 0.2) is 24.3 Å². The van der Waals surface area contributed by atoms with Crippen molar-refractivity contribution in [2.24, 2.45) is 5.92 Å². The van der Waals surface area contributed by atoms with Gasteiger partial charge in [0, 0.05) is 19.1 Å². The molecule has 0 aliphatic carbocycles. The molecule has 104 valence electrons. The highest BCUT2D eigenvalue weighted by molar-refractivity contribution is 5.25. The molecule has 1 aromatic carbocycles. The van der Waals surface area contributed by atoms with Crippen molar-refractivity contribution < 1.29 is 5.11 Å². The van der Waals surface area contributed by atoms with E-state index in [0.717, 1.165) is 18.5 Å². The van der Waals surface area contributed by atoms with Gasteiger partial charge in [0.15, 0.2) is 0 Å². The van der Waals surface area contributed by atoms with Crippen molar-refractivity contribution in [2.45, 2.75) is 31.8 Å². The van der Waals surface area contributed by atoms with E-state index >= 15 is 0 Å². The fourth-order valence-electron chi connectivity index (χ4n) is 3.73. The standard InChI is InChI=1S/C16H24N2O/c1-17-9-2-3-14-12-18(10-8-16(14)17)11-13-4-6-15(19)7-5-13/h4-7,14,16,19H,2-3,8-12H2,1H3. The summed E-state index contributed by atoms with van der Waals surface area (Å²) in [6, 6.07) is 8.46. The molecule has 2 atom stereocenters. The maximum Gasteiger partial charge on any atom is 0.115 e. The third-order valence-corrected chi connectivity index (χ3v) is 4.77. The highest BCUT2D eigenvalue weighted by Crippen LogP contribution is 2.30. The van der Waals surface area contributed by atoms with Crippen molar-refractivity contribution in [1.82, 2.24) is 9.80 Å². The third kappa shape index (κ3) is 2.93. The van der Waals surface area contributed by atoms with E-state index in [2.05, 4.69) is 16.8 Å². The lowest BCUT2D eigenvalue weighted by Gasteiger charge is -2.46. The monoisotopic (exact) mass is 260 g/mol. The van der Waals surface area contributed by atoms with Crippen LogP contribution in [0.3, 0.4) is 0 Å². The molecule has 0 amide bonds. The molecule has 0 radical (unpaired) electrons. The fourth-order valence-corrected chi connectivity index (χ4v) is 3.73. The minimum Gasteiger partial charge on any atom is -0.508 e.